The van der Waals surface area contributed by atoms with Crippen LogP contribution < -0.4 is 5.76 Å². The molecule has 8 heteroatoms. The second kappa shape index (κ2) is 6.92. The zero-order valence-corrected chi connectivity index (χ0v) is 15.6. The summed E-state index contributed by atoms with van der Waals surface area (Å²) in [6.45, 7) is 1.76. The Hall–Kier alpha value is -2.90. The van der Waals surface area contributed by atoms with Crippen LogP contribution >= 0.6 is 0 Å². The quantitative estimate of drug-likeness (QED) is 0.732. The van der Waals surface area contributed by atoms with Crippen LogP contribution in [0.1, 0.15) is 55.6 Å². The van der Waals surface area contributed by atoms with E-state index in [0.29, 0.717) is 43.5 Å². The van der Waals surface area contributed by atoms with Crippen molar-refractivity contribution >= 4 is 17.0 Å². The molecule has 28 heavy (non-hydrogen) atoms. The average molecular weight is 381 g/mol. The second-order valence-electron chi connectivity index (χ2n) is 7.75. The zero-order chi connectivity index (χ0) is 19.1. The Morgan fingerprint density at radius 2 is 1.93 bits per heavy atom. The molecule has 1 amide bonds. The first-order valence-electron chi connectivity index (χ1n) is 9.97. The molecule has 5 rings (SSSR count). The molecule has 3 aromatic rings. The van der Waals surface area contributed by atoms with Gasteiger partial charge in [-0.2, -0.15) is 5.10 Å². The number of hydrogen-bond donors (Lipinski definition) is 1. The number of nitrogens with zero attached hydrogens (tertiary/aromatic N) is 4. The van der Waals surface area contributed by atoms with E-state index in [1.165, 1.54) is 17.4 Å². The van der Waals surface area contributed by atoms with Gasteiger partial charge in [0.2, 0.25) is 5.91 Å². The van der Waals surface area contributed by atoms with Crippen molar-refractivity contribution in [2.75, 3.05) is 13.1 Å². The lowest BCUT2D eigenvalue weighted by Crippen LogP contribution is -2.38. The smallest absolute Gasteiger partial charge is 0.408 e. The van der Waals surface area contributed by atoms with E-state index in [1.807, 2.05) is 23.1 Å². The number of nitrogens with one attached hydrogen (secondary N) is 1. The summed E-state index contributed by atoms with van der Waals surface area (Å²) >= 11 is 0. The number of benzene rings is 1. The number of para-hydroxylation sites is 2. The molecule has 1 aromatic carbocycles. The van der Waals surface area contributed by atoms with Crippen molar-refractivity contribution in [3.8, 4) is 0 Å². The first-order chi connectivity index (χ1) is 13.7. The fraction of sp³-hybridized carbons (Fsp3) is 0.500. The van der Waals surface area contributed by atoms with Crippen molar-refractivity contribution in [3.05, 3.63) is 46.5 Å². The van der Waals surface area contributed by atoms with Crippen molar-refractivity contribution in [1.29, 1.82) is 0 Å². The van der Waals surface area contributed by atoms with Gasteiger partial charge in [0.25, 0.3) is 0 Å². The summed E-state index contributed by atoms with van der Waals surface area (Å²) in [4.78, 5) is 31.2. The van der Waals surface area contributed by atoms with E-state index in [9.17, 15) is 9.59 Å². The molecule has 1 aliphatic heterocycles. The highest BCUT2D eigenvalue weighted by Crippen LogP contribution is 2.38. The molecule has 1 N–H and O–H groups in total. The number of carbonyl (C=O) groups excluding carboxylic acids is 1. The number of aryl methyl sites for hydroxylation is 1. The Morgan fingerprint density at radius 3 is 2.71 bits per heavy atom. The minimum absolute atomic E-state index is 0.0758. The molecule has 0 atom stereocenters. The second-order valence-corrected chi connectivity index (χ2v) is 7.75. The van der Waals surface area contributed by atoms with Gasteiger partial charge in [0, 0.05) is 37.9 Å². The van der Waals surface area contributed by atoms with Crippen molar-refractivity contribution < 1.29 is 9.21 Å². The number of hydrogen-bond acceptors (Lipinski definition) is 5. The highest BCUT2D eigenvalue weighted by molar-refractivity contribution is 5.77. The zero-order valence-electron chi connectivity index (χ0n) is 15.6. The maximum Gasteiger partial charge on any atom is 0.419 e. The molecule has 1 saturated heterocycles. The average Bonchev–Trinajstić information content (AvgIpc) is 3.36. The summed E-state index contributed by atoms with van der Waals surface area (Å²) in [7, 11) is 0. The van der Waals surface area contributed by atoms with E-state index >= 15 is 0 Å². The van der Waals surface area contributed by atoms with Crippen LogP contribution in [0, 0.1) is 0 Å². The number of aromatic nitrogens is 4. The molecule has 2 aromatic heterocycles. The van der Waals surface area contributed by atoms with Gasteiger partial charge in [-0.15, -0.1) is 0 Å². The normalized spacial score (nSPS) is 18.1. The first-order valence-corrected chi connectivity index (χ1v) is 9.97. The van der Waals surface area contributed by atoms with Crippen LogP contribution in [0.25, 0.3) is 11.1 Å². The number of oxazole rings is 1. The van der Waals surface area contributed by atoms with E-state index in [2.05, 4.69) is 15.2 Å². The molecule has 8 nitrogen and oxygen atoms in total. The van der Waals surface area contributed by atoms with Crippen LogP contribution in [-0.4, -0.2) is 43.6 Å². The monoisotopic (exact) mass is 381 g/mol. The molecule has 0 spiro atoms. The third-order valence-corrected chi connectivity index (χ3v) is 5.82. The van der Waals surface area contributed by atoms with E-state index in [0.717, 1.165) is 30.0 Å². The fourth-order valence-corrected chi connectivity index (χ4v) is 3.99. The van der Waals surface area contributed by atoms with Gasteiger partial charge in [0.15, 0.2) is 11.4 Å². The van der Waals surface area contributed by atoms with Gasteiger partial charge >= 0.3 is 5.76 Å². The van der Waals surface area contributed by atoms with E-state index in [-0.39, 0.29) is 5.91 Å². The van der Waals surface area contributed by atoms with Gasteiger partial charge < -0.3 is 9.32 Å². The molecule has 1 aliphatic carbocycles. The maximum atomic E-state index is 12.6. The fourth-order valence-electron chi connectivity index (χ4n) is 3.99. The third kappa shape index (κ3) is 3.23. The van der Waals surface area contributed by atoms with E-state index in [1.54, 1.807) is 6.07 Å². The number of fused-ring (bicyclic) bond motifs is 1. The Labute approximate surface area is 161 Å². The van der Waals surface area contributed by atoms with Gasteiger partial charge in [-0.25, -0.2) is 9.78 Å². The van der Waals surface area contributed by atoms with Gasteiger partial charge in [-0.05, 0) is 37.8 Å². The summed E-state index contributed by atoms with van der Waals surface area (Å²) in [5.41, 5.74) is 1.29. The molecule has 2 aliphatic rings. The number of amides is 1. The van der Waals surface area contributed by atoms with Crippen molar-refractivity contribution in [1.82, 2.24) is 24.6 Å². The minimum atomic E-state index is -0.413. The van der Waals surface area contributed by atoms with Crippen molar-refractivity contribution in [3.63, 3.8) is 0 Å². The number of carbonyl (C=O) groups is 1. The van der Waals surface area contributed by atoms with Gasteiger partial charge in [0.1, 0.15) is 5.82 Å². The molecular weight excluding hydrogens is 358 g/mol. The first kappa shape index (κ1) is 17.2. The largest absolute Gasteiger partial charge is 0.419 e. The lowest BCUT2D eigenvalue weighted by molar-refractivity contribution is -0.132. The van der Waals surface area contributed by atoms with E-state index in [4.69, 9.17) is 4.42 Å². The Balaban J connectivity index is 1.17. The number of H-pyrrole nitrogens is 1. The third-order valence-electron chi connectivity index (χ3n) is 5.82. The number of piperidine rings is 1. The van der Waals surface area contributed by atoms with Crippen LogP contribution in [0.5, 0.6) is 0 Å². The molecule has 146 valence electrons. The van der Waals surface area contributed by atoms with Crippen LogP contribution in [0.15, 0.2) is 33.5 Å². The summed E-state index contributed by atoms with van der Waals surface area (Å²) < 4.78 is 6.76. The van der Waals surface area contributed by atoms with Gasteiger partial charge in [0.05, 0.1) is 5.52 Å². The van der Waals surface area contributed by atoms with Gasteiger partial charge in [-0.1, -0.05) is 12.1 Å². The molecule has 0 radical (unpaired) electrons. The lowest BCUT2D eigenvalue weighted by Gasteiger charge is -2.31. The molecule has 0 unspecified atom stereocenters. The maximum absolute atomic E-state index is 12.6. The van der Waals surface area contributed by atoms with Crippen LogP contribution in [0.2, 0.25) is 0 Å². The topological polar surface area (TPSA) is 97.0 Å². The summed E-state index contributed by atoms with van der Waals surface area (Å²) in [5.74, 6) is 2.46. The number of rotatable bonds is 5. The Kier molecular flexibility index (Phi) is 4.26. The lowest BCUT2D eigenvalue weighted by atomic mass is 9.96. The molecule has 3 heterocycles. The minimum Gasteiger partial charge on any atom is -0.408 e. The standard InChI is InChI=1S/C20H23N5O3/c26-17(9-12-25-15-3-1-2-4-16(15)28-20(25)27)24-10-7-14(8-11-24)19-21-18(22-23-19)13-5-6-13/h1-4,13-14H,5-12H2,(H,21,22,23). The van der Waals surface area contributed by atoms with Crippen LogP contribution in [0.3, 0.4) is 0 Å². The molecular formula is C20H23N5O3. The summed E-state index contributed by atoms with van der Waals surface area (Å²) in [5, 5.41) is 7.44. The predicted molar refractivity (Wildman–Crippen MR) is 102 cm³/mol. The Bertz CT molecular complexity index is 1050. The predicted octanol–water partition coefficient (Wildman–Crippen LogP) is 2.39. The van der Waals surface area contributed by atoms with Crippen LogP contribution in [0.4, 0.5) is 0 Å². The summed E-state index contributed by atoms with van der Waals surface area (Å²) in [6, 6.07) is 7.28. The van der Waals surface area contributed by atoms with Gasteiger partial charge in [-0.3, -0.25) is 14.5 Å². The molecule has 2 fully saturated rings. The Morgan fingerprint density at radius 1 is 1.14 bits per heavy atom. The number of likely N-dealkylation sites (tertiary alicyclic amines) is 1. The van der Waals surface area contributed by atoms with Crippen LogP contribution in [-0.2, 0) is 11.3 Å². The highest BCUT2D eigenvalue weighted by atomic mass is 16.4. The summed E-state index contributed by atoms with van der Waals surface area (Å²) in [6.07, 6.45) is 4.46. The van der Waals surface area contributed by atoms with E-state index < -0.39 is 5.76 Å². The molecule has 1 saturated carbocycles. The SMILES string of the molecule is O=C(CCn1c(=O)oc2ccccc21)N1CCC(c2nc(C3CC3)n[nH]2)CC1. The molecule has 0 bridgehead atoms. The van der Waals surface area contributed by atoms with Crippen molar-refractivity contribution in [2.24, 2.45) is 0 Å². The highest BCUT2D eigenvalue weighted by Gasteiger charge is 2.30. The van der Waals surface area contributed by atoms with Crippen molar-refractivity contribution in [2.45, 2.75) is 50.5 Å². The number of aromatic amines is 1.